The van der Waals surface area contributed by atoms with E-state index in [0.29, 0.717) is 25.7 Å². The molecule has 0 radical (unpaired) electrons. The third-order valence-electron chi connectivity index (χ3n) is 18.0. The van der Waals surface area contributed by atoms with Gasteiger partial charge in [0.05, 0.1) is 26.4 Å². The third kappa shape index (κ3) is 75.0. The molecule has 0 aliphatic rings. The topological polar surface area (TPSA) is 237 Å². The Balaban J connectivity index is 5.32. The molecule has 0 aromatic carbocycles. The molecule has 0 amide bonds. The van der Waals surface area contributed by atoms with E-state index in [4.69, 9.17) is 37.0 Å². The molecule has 3 N–H and O–H groups in total. The largest absolute Gasteiger partial charge is 0.472 e. The predicted molar refractivity (Wildman–Crippen MR) is 418 cm³/mol. The van der Waals surface area contributed by atoms with Crippen molar-refractivity contribution in [2.75, 3.05) is 39.6 Å². The van der Waals surface area contributed by atoms with Crippen LogP contribution in [0, 0.1) is 0 Å². The summed E-state index contributed by atoms with van der Waals surface area (Å²) in [5.41, 5.74) is 0. The lowest BCUT2D eigenvalue weighted by Crippen LogP contribution is -2.30. The van der Waals surface area contributed by atoms with E-state index in [1.54, 1.807) is 0 Å². The van der Waals surface area contributed by atoms with Crippen LogP contribution in [-0.2, 0) is 65.4 Å². The van der Waals surface area contributed by atoms with Crippen LogP contribution in [-0.4, -0.2) is 96.7 Å². The highest BCUT2D eigenvalue weighted by atomic mass is 31.2. The molecule has 0 bridgehead atoms. The lowest BCUT2D eigenvalue weighted by Gasteiger charge is -2.21. The molecule has 596 valence electrons. The van der Waals surface area contributed by atoms with E-state index in [0.717, 1.165) is 154 Å². The highest BCUT2D eigenvalue weighted by Gasteiger charge is 2.30. The Bertz CT molecular complexity index is 2170. The average molecular weight is 1480 g/mol. The van der Waals surface area contributed by atoms with E-state index in [-0.39, 0.29) is 25.7 Å². The van der Waals surface area contributed by atoms with Crippen molar-refractivity contribution < 1.29 is 80.2 Å². The maximum atomic E-state index is 13.1. The molecule has 0 aromatic heterocycles. The van der Waals surface area contributed by atoms with E-state index in [9.17, 15) is 43.2 Å². The summed E-state index contributed by atoms with van der Waals surface area (Å²) in [6, 6.07) is 0. The van der Waals surface area contributed by atoms with E-state index < -0.39 is 97.5 Å². The second-order valence-electron chi connectivity index (χ2n) is 28.1. The van der Waals surface area contributed by atoms with Gasteiger partial charge in [0.25, 0.3) is 0 Å². The van der Waals surface area contributed by atoms with Crippen LogP contribution in [0.2, 0.25) is 0 Å². The number of aliphatic hydroxyl groups excluding tert-OH is 1. The van der Waals surface area contributed by atoms with Gasteiger partial charge in [-0.05, 0) is 89.9 Å². The van der Waals surface area contributed by atoms with Crippen molar-refractivity contribution in [3.63, 3.8) is 0 Å². The molecule has 0 saturated heterocycles. The number of phosphoric acid groups is 2. The minimum absolute atomic E-state index is 0.0983. The summed E-state index contributed by atoms with van der Waals surface area (Å²) in [7, 11) is -9.94. The number of carbonyl (C=O) groups excluding carboxylic acids is 4. The number of esters is 4. The number of aliphatic hydroxyl groups is 1. The molecular weight excluding hydrogens is 1330 g/mol. The molecule has 17 nitrogen and oxygen atoms in total. The number of unbranched alkanes of at least 4 members (excludes halogenated alkanes) is 43. The first kappa shape index (κ1) is 98.8. The summed E-state index contributed by atoms with van der Waals surface area (Å²) >= 11 is 0. The number of ether oxygens (including phenoxy) is 4. The highest BCUT2D eigenvalue weighted by molar-refractivity contribution is 7.47. The third-order valence-corrected chi connectivity index (χ3v) is 19.9. The minimum Gasteiger partial charge on any atom is -0.462 e. The Kier molecular flexibility index (Phi) is 73.6. The average Bonchev–Trinajstić information content (AvgIpc) is 0.924. The normalized spacial score (nSPS) is 14.1. The van der Waals surface area contributed by atoms with E-state index >= 15 is 0 Å². The van der Waals surface area contributed by atoms with Gasteiger partial charge in [0, 0.05) is 25.7 Å². The Morgan fingerprint density at radius 3 is 0.794 bits per heavy atom. The van der Waals surface area contributed by atoms with Crippen LogP contribution >= 0.6 is 15.6 Å². The van der Waals surface area contributed by atoms with E-state index in [1.165, 1.54) is 154 Å². The zero-order chi connectivity index (χ0) is 74.6. The first-order valence-corrected chi connectivity index (χ1v) is 44.5. The Morgan fingerprint density at radius 1 is 0.284 bits per heavy atom. The van der Waals surface area contributed by atoms with Crippen LogP contribution < -0.4 is 0 Å². The first-order valence-electron chi connectivity index (χ1n) is 41.5. The number of hydrogen-bond donors (Lipinski definition) is 3. The van der Waals surface area contributed by atoms with Crippen molar-refractivity contribution in [1.29, 1.82) is 0 Å². The van der Waals surface area contributed by atoms with Crippen molar-refractivity contribution >= 4 is 39.5 Å². The van der Waals surface area contributed by atoms with Crippen LogP contribution in [0.25, 0.3) is 0 Å². The fraction of sp³-hybridized carbons (Fsp3) is 0.831. The summed E-state index contributed by atoms with van der Waals surface area (Å²) in [6.45, 7) is 4.83. The number of allylic oxidation sites excluding steroid dienone is 10. The van der Waals surface area contributed by atoms with E-state index in [1.807, 2.05) is 0 Å². The number of hydrogen-bond acceptors (Lipinski definition) is 15. The quantitative estimate of drug-likeness (QED) is 0.0169. The zero-order valence-corrected chi connectivity index (χ0v) is 67.1. The Hall–Kier alpha value is -3.24. The van der Waals surface area contributed by atoms with Gasteiger partial charge in [-0.15, -0.1) is 0 Å². The predicted octanol–water partition coefficient (Wildman–Crippen LogP) is 24.2. The van der Waals surface area contributed by atoms with Crippen molar-refractivity contribution in [2.45, 2.75) is 406 Å². The van der Waals surface area contributed by atoms with Gasteiger partial charge in [0.1, 0.15) is 19.3 Å². The van der Waals surface area contributed by atoms with Gasteiger partial charge in [-0.3, -0.25) is 37.3 Å². The SMILES string of the molecule is CC/C=C\C/C=C\C/C=C\C/C=C\CCCCCCCCC(=O)OCC(COP(=O)(O)OCC(O)COP(=O)(O)OCC(COC(=O)CCCCCCC/C=C\CCCCCCCC)OC(=O)CCCCCCCCCCCCCCC)OC(=O)CCCCCCCCCCCCCCCCC. The van der Waals surface area contributed by atoms with Crippen molar-refractivity contribution in [3.8, 4) is 0 Å². The van der Waals surface area contributed by atoms with Gasteiger partial charge in [-0.2, -0.15) is 0 Å². The molecule has 0 aliphatic heterocycles. The number of rotatable bonds is 79. The molecule has 0 aliphatic carbocycles. The zero-order valence-electron chi connectivity index (χ0n) is 65.3. The molecule has 5 atom stereocenters. The van der Waals surface area contributed by atoms with Crippen molar-refractivity contribution in [2.24, 2.45) is 0 Å². The second kappa shape index (κ2) is 76.0. The van der Waals surface area contributed by atoms with Crippen LogP contribution in [0.1, 0.15) is 387 Å². The van der Waals surface area contributed by atoms with Crippen LogP contribution in [0.5, 0.6) is 0 Å². The summed E-state index contributed by atoms with van der Waals surface area (Å²) in [4.78, 5) is 73.1. The van der Waals surface area contributed by atoms with Gasteiger partial charge < -0.3 is 33.8 Å². The summed E-state index contributed by atoms with van der Waals surface area (Å²) < 4.78 is 68.7. The van der Waals surface area contributed by atoms with Crippen LogP contribution in [0.3, 0.4) is 0 Å². The lowest BCUT2D eigenvalue weighted by atomic mass is 10.0. The number of carbonyl (C=O) groups is 4. The van der Waals surface area contributed by atoms with Gasteiger partial charge in [0.15, 0.2) is 12.2 Å². The molecule has 0 saturated carbocycles. The standard InChI is InChI=1S/C83H152O17P2/c1-5-9-13-17-21-25-29-33-36-37-38-39-42-45-48-52-56-60-64-68-81(86)94-74-79(100-83(88)70-66-62-58-54-50-46-41-35-31-27-23-19-15-11-7-3)76-98-102(91,92)96-72-77(84)71-95-101(89,90)97-75-78(99-82(87)69-65-61-57-53-49-43-32-28-24-20-16-12-8-4)73-93-80(85)67-63-59-55-51-47-44-40-34-30-26-22-18-14-10-6-2/h9,13,21,25,33-34,36,38-40,77-79,84H,5-8,10-12,14-20,22-24,26-32,35,37,41-76H2,1-4H3,(H,89,90)(H,91,92)/b13-9-,25-21-,36-33-,39-38-,40-34-. The van der Waals surface area contributed by atoms with Crippen LogP contribution in [0.15, 0.2) is 60.8 Å². The Morgan fingerprint density at radius 2 is 0.510 bits per heavy atom. The highest BCUT2D eigenvalue weighted by Crippen LogP contribution is 2.45. The van der Waals surface area contributed by atoms with Crippen LogP contribution in [0.4, 0.5) is 0 Å². The lowest BCUT2D eigenvalue weighted by molar-refractivity contribution is -0.161. The molecule has 0 fully saturated rings. The summed E-state index contributed by atoms with van der Waals surface area (Å²) in [6.07, 6.45) is 76.1. The van der Waals surface area contributed by atoms with Gasteiger partial charge >= 0.3 is 39.5 Å². The first-order chi connectivity index (χ1) is 49.7. The molecule has 19 heteroatoms. The van der Waals surface area contributed by atoms with Gasteiger partial charge in [-0.1, -0.05) is 332 Å². The maximum Gasteiger partial charge on any atom is 0.472 e. The van der Waals surface area contributed by atoms with Gasteiger partial charge in [-0.25, -0.2) is 9.13 Å². The molecule has 0 spiro atoms. The van der Waals surface area contributed by atoms with Crippen molar-refractivity contribution in [3.05, 3.63) is 60.8 Å². The van der Waals surface area contributed by atoms with Crippen molar-refractivity contribution in [1.82, 2.24) is 0 Å². The summed E-state index contributed by atoms with van der Waals surface area (Å²) in [5, 5.41) is 10.6. The summed E-state index contributed by atoms with van der Waals surface area (Å²) in [5.74, 6) is -2.16. The molecule has 5 unspecified atom stereocenters. The van der Waals surface area contributed by atoms with E-state index in [2.05, 4.69) is 88.5 Å². The molecule has 0 heterocycles. The molecule has 0 aromatic rings. The fourth-order valence-corrected chi connectivity index (χ4v) is 13.3. The molecule has 0 rings (SSSR count). The smallest absolute Gasteiger partial charge is 0.462 e. The monoisotopic (exact) mass is 1480 g/mol. The van der Waals surface area contributed by atoms with Gasteiger partial charge in [0.2, 0.25) is 0 Å². The Labute approximate surface area is 622 Å². The minimum atomic E-state index is -4.97. The second-order valence-corrected chi connectivity index (χ2v) is 31.0. The number of phosphoric ester groups is 2. The molecule has 102 heavy (non-hydrogen) atoms. The fourth-order valence-electron chi connectivity index (χ4n) is 11.7. The maximum absolute atomic E-state index is 13.1. The molecular formula is C83H152O17P2.